The molecule has 0 atom stereocenters. The lowest BCUT2D eigenvalue weighted by molar-refractivity contribution is -0.116. The standard InChI is InChI=1S/C23H31N3O4S/c1-17-6-12-21(20-11-13-22(27)25-23(17)20)30-16-15-24-14-4-3-5-18-7-9-19(10-8-18)26-31(2,28)29/h6-10,12,24,26H,3-5,11,13-16H2,1-2H3,(H,25,27). The highest BCUT2D eigenvalue weighted by Crippen LogP contribution is 2.33. The Morgan fingerprint density at radius 3 is 2.55 bits per heavy atom. The van der Waals surface area contributed by atoms with Crippen LogP contribution in [0, 0.1) is 6.92 Å². The van der Waals surface area contributed by atoms with Crippen molar-refractivity contribution in [3.05, 3.63) is 53.1 Å². The summed E-state index contributed by atoms with van der Waals surface area (Å²) in [6.45, 7) is 4.26. The van der Waals surface area contributed by atoms with Crippen LogP contribution in [0.25, 0.3) is 0 Å². The zero-order chi connectivity index (χ0) is 22.3. The van der Waals surface area contributed by atoms with Crippen LogP contribution in [0.2, 0.25) is 0 Å². The van der Waals surface area contributed by atoms with Gasteiger partial charge in [0.05, 0.1) is 11.9 Å². The van der Waals surface area contributed by atoms with E-state index in [1.165, 1.54) is 5.56 Å². The maximum absolute atomic E-state index is 11.6. The predicted molar refractivity (Wildman–Crippen MR) is 124 cm³/mol. The van der Waals surface area contributed by atoms with Gasteiger partial charge in [-0.3, -0.25) is 9.52 Å². The first kappa shape index (κ1) is 23.1. The summed E-state index contributed by atoms with van der Waals surface area (Å²) in [7, 11) is -3.23. The topological polar surface area (TPSA) is 96.5 Å². The van der Waals surface area contributed by atoms with Crippen molar-refractivity contribution in [2.75, 3.05) is 36.0 Å². The number of aryl methyl sites for hydroxylation is 2. The lowest BCUT2D eigenvalue weighted by Crippen LogP contribution is -2.24. The van der Waals surface area contributed by atoms with Gasteiger partial charge >= 0.3 is 0 Å². The van der Waals surface area contributed by atoms with Gasteiger partial charge in [-0.2, -0.15) is 0 Å². The second kappa shape index (κ2) is 10.6. The molecule has 3 rings (SSSR count). The third kappa shape index (κ3) is 7.25. The number of fused-ring (bicyclic) bond motifs is 1. The number of carbonyl (C=O) groups excluding carboxylic acids is 1. The summed E-state index contributed by atoms with van der Waals surface area (Å²) >= 11 is 0. The highest BCUT2D eigenvalue weighted by Gasteiger charge is 2.20. The number of nitrogens with one attached hydrogen (secondary N) is 3. The maximum Gasteiger partial charge on any atom is 0.229 e. The molecule has 2 aromatic carbocycles. The Labute approximate surface area is 184 Å². The quantitative estimate of drug-likeness (QED) is 0.462. The Balaban J connectivity index is 1.31. The van der Waals surface area contributed by atoms with Crippen LogP contribution in [0.3, 0.4) is 0 Å². The molecule has 31 heavy (non-hydrogen) atoms. The van der Waals surface area contributed by atoms with E-state index in [1.54, 1.807) is 12.1 Å². The number of unbranched alkanes of at least 4 members (excludes halogenated alkanes) is 1. The number of hydrogen-bond donors (Lipinski definition) is 3. The summed E-state index contributed by atoms with van der Waals surface area (Å²) < 4.78 is 30.9. The summed E-state index contributed by atoms with van der Waals surface area (Å²) in [4.78, 5) is 11.6. The molecule has 0 aromatic heterocycles. The minimum absolute atomic E-state index is 0.0657. The molecule has 0 fully saturated rings. The average Bonchev–Trinajstić information content (AvgIpc) is 2.72. The van der Waals surface area contributed by atoms with Crippen LogP contribution in [0.1, 0.15) is 36.0 Å². The molecular weight excluding hydrogens is 414 g/mol. The number of rotatable bonds is 11. The third-order valence-corrected chi connectivity index (χ3v) is 5.81. The molecule has 1 amide bonds. The minimum Gasteiger partial charge on any atom is -0.492 e. The Morgan fingerprint density at radius 2 is 1.81 bits per heavy atom. The summed E-state index contributed by atoms with van der Waals surface area (Å²) in [6.07, 6.45) is 5.43. The monoisotopic (exact) mass is 445 g/mol. The highest BCUT2D eigenvalue weighted by atomic mass is 32.2. The average molecular weight is 446 g/mol. The molecule has 8 heteroatoms. The van der Waals surface area contributed by atoms with Crippen molar-refractivity contribution < 1.29 is 17.9 Å². The third-order valence-electron chi connectivity index (χ3n) is 5.21. The van der Waals surface area contributed by atoms with Gasteiger partial charge in [0.1, 0.15) is 12.4 Å². The molecule has 1 heterocycles. The molecule has 0 saturated carbocycles. The fraction of sp³-hybridized carbons (Fsp3) is 0.435. The molecule has 0 radical (unpaired) electrons. The van der Waals surface area contributed by atoms with E-state index < -0.39 is 10.0 Å². The van der Waals surface area contributed by atoms with E-state index in [0.29, 0.717) is 18.7 Å². The van der Waals surface area contributed by atoms with E-state index in [4.69, 9.17) is 4.74 Å². The van der Waals surface area contributed by atoms with Crippen LogP contribution >= 0.6 is 0 Å². The van der Waals surface area contributed by atoms with Gasteiger partial charge in [0.2, 0.25) is 15.9 Å². The van der Waals surface area contributed by atoms with Crippen LogP contribution in [-0.2, 0) is 27.7 Å². The van der Waals surface area contributed by atoms with Crippen molar-refractivity contribution in [2.24, 2.45) is 0 Å². The number of anilines is 2. The molecule has 1 aliphatic rings. The molecule has 1 aliphatic heterocycles. The van der Waals surface area contributed by atoms with Crippen LogP contribution < -0.4 is 20.1 Å². The Hall–Kier alpha value is -2.58. The fourth-order valence-corrected chi connectivity index (χ4v) is 4.20. The van der Waals surface area contributed by atoms with Gasteiger partial charge in [-0.05, 0) is 68.5 Å². The first-order valence-corrected chi connectivity index (χ1v) is 12.5. The van der Waals surface area contributed by atoms with Gasteiger partial charge < -0.3 is 15.4 Å². The molecular formula is C23H31N3O4S. The van der Waals surface area contributed by atoms with E-state index in [1.807, 2.05) is 31.2 Å². The molecule has 0 bridgehead atoms. The van der Waals surface area contributed by atoms with E-state index in [9.17, 15) is 13.2 Å². The molecule has 2 aromatic rings. The van der Waals surface area contributed by atoms with Gasteiger partial charge in [0.25, 0.3) is 0 Å². The van der Waals surface area contributed by atoms with Crippen molar-refractivity contribution in [1.82, 2.24) is 5.32 Å². The number of benzene rings is 2. The Kier molecular flexibility index (Phi) is 7.92. The number of ether oxygens (including phenoxy) is 1. The van der Waals surface area contributed by atoms with Gasteiger partial charge in [0, 0.05) is 24.2 Å². The first-order chi connectivity index (χ1) is 14.8. The molecule has 3 N–H and O–H groups in total. The van der Waals surface area contributed by atoms with Gasteiger partial charge in [-0.1, -0.05) is 18.2 Å². The molecule has 0 aliphatic carbocycles. The van der Waals surface area contributed by atoms with E-state index >= 15 is 0 Å². The molecule has 7 nitrogen and oxygen atoms in total. The lowest BCUT2D eigenvalue weighted by Gasteiger charge is -2.22. The zero-order valence-electron chi connectivity index (χ0n) is 18.2. The van der Waals surface area contributed by atoms with Crippen molar-refractivity contribution in [1.29, 1.82) is 0 Å². The minimum atomic E-state index is -3.23. The van der Waals surface area contributed by atoms with Crippen molar-refractivity contribution in [3.8, 4) is 5.75 Å². The normalized spacial score (nSPS) is 13.4. The van der Waals surface area contributed by atoms with Crippen LogP contribution in [-0.4, -0.2) is 40.3 Å². The Morgan fingerprint density at radius 1 is 1.03 bits per heavy atom. The zero-order valence-corrected chi connectivity index (χ0v) is 19.0. The van der Waals surface area contributed by atoms with Crippen LogP contribution in [0.15, 0.2) is 36.4 Å². The SMILES string of the molecule is Cc1ccc(OCCNCCCCc2ccc(NS(C)(=O)=O)cc2)c2c1NC(=O)CC2. The van der Waals surface area contributed by atoms with Crippen molar-refractivity contribution in [2.45, 2.75) is 39.0 Å². The smallest absolute Gasteiger partial charge is 0.229 e. The Bertz CT molecular complexity index is 1000. The summed E-state index contributed by atoms with van der Waals surface area (Å²) in [5, 5.41) is 6.36. The van der Waals surface area contributed by atoms with Crippen molar-refractivity contribution >= 4 is 27.3 Å². The van der Waals surface area contributed by atoms with Gasteiger partial charge in [0.15, 0.2) is 0 Å². The largest absolute Gasteiger partial charge is 0.492 e. The first-order valence-electron chi connectivity index (χ1n) is 10.6. The van der Waals surface area contributed by atoms with Gasteiger partial charge in [-0.25, -0.2) is 8.42 Å². The van der Waals surface area contributed by atoms with E-state index in [0.717, 1.165) is 67.6 Å². The maximum atomic E-state index is 11.6. The molecule has 0 spiro atoms. The number of hydrogen-bond acceptors (Lipinski definition) is 5. The fourth-order valence-electron chi connectivity index (χ4n) is 3.63. The van der Waals surface area contributed by atoms with E-state index in [-0.39, 0.29) is 5.91 Å². The number of carbonyl (C=O) groups is 1. The van der Waals surface area contributed by atoms with Crippen LogP contribution in [0.5, 0.6) is 5.75 Å². The molecule has 0 saturated heterocycles. The second-order valence-electron chi connectivity index (χ2n) is 7.91. The lowest BCUT2D eigenvalue weighted by atomic mass is 9.98. The second-order valence-corrected chi connectivity index (χ2v) is 9.66. The van der Waals surface area contributed by atoms with Gasteiger partial charge in [-0.15, -0.1) is 0 Å². The molecule has 168 valence electrons. The summed E-state index contributed by atoms with van der Waals surface area (Å²) in [6, 6.07) is 11.5. The predicted octanol–water partition coefficient (Wildman–Crippen LogP) is 3.24. The molecule has 0 unspecified atom stereocenters. The highest BCUT2D eigenvalue weighted by molar-refractivity contribution is 7.92. The van der Waals surface area contributed by atoms with Crippen LogP contribution in [0.4, 0.5) is 11.4 Å². The van der Waals surface area contributed by atoms with E-state index in [2.05, 4.69) is 15.4 Å². The summed E-state index contributed by atoms with van der Waals surface area (Å²) in [5.74, 6) is 0.923. The number of sulfonamides is 1. The van der Waals surface area contributed by atoms with Crippen molar-refractivity contribution in [3.63, 3.8) is 0 Å². The summed E-state index contributed by atoms with van der Waals surface area (Å²) in [5.41, 5.74) is 4.85. The number of amides is 1.